The van der Waals surface area contributed by atoms with Crippen LogP contribution in [0.1, 0.15) is 5.56 Å². The summed E-state index contributed by atoms with van der Waals surface area (Å²) >= 11 is 0. The maximum atomic E-state index is 12.8. The van der Waals surface area contributed by atoms with Gasteiger partial charge in [-0.25, -0.2) is 8.42 Å². The monoisotopic (exact) mass is 438 g/mol. The maximum absolute atomic E-state index is 12.8. The van der Waals surface area contributed by atoms with Crippen LogP contribution in [0.2, 0.25) is 0 Å². The van der Waals surface area contributed by atoms with Crippen LogP contribution in [0, 0.1) is 0 Å². The number of para-hydroxylation sites is 2. The molecule has 1 atom stereocenters. The zero-order valence-electron chi connectivity index (χ0n) is 16.9. The molecule has 1 aliphatic rings. The number of fused-ring (bicyclic) bond motifs is 1. The van der Waals surface area contributed by atoms with E-state index in [1.54, 1.807) is 48.5 Å². The molecule has 3 aromatic carbocycles. The van der Waals surface area contributed by atoms with Crippen molar-refractivity contribution in [3.05, 3.63) is 84.4 Å². The van der Waals surface area contributed by atoms with Gasteiger partial charge in [-0.15, -0.1) is 0 Å². The predicted octanol–water partition coefficient (Wildman–Crippen LogP) is 3.43. The van der Waals surface area contributed by atoms with Crippen molar-refractivity contribution in [1.29, 1.82) is 0 Å². The van der Waals surface area contributed by atoms with Gasteiger partial charge in [0.25, 0.3) is 5.91 Å². The lowest BCUT2D eigenvalue weighted by atomic mass is 10.2. The van der Waals surface area contributed by atoms with Gasteiger partial charge >= 0.3 is 0 Å². The molecule has 0 radical (unpaired) electrons. The van der Waals surface area contributed by atoms with Crippen LogP contribution in [0.3, 0.4) is 0 Å². The zero-order chi connectivity index (χ0) is 21.8. The molecule has 0 bridgehead atoms. The smallest absolute Gasteiger partial charge is 0.267 e. The molecule has 1 aliphatic heterocycles. The number of anilines is 2. The Kier molecular flexibility index (Phi) is 5.81. The first-order valence-electron chi connectivity index (χ1n) is 9.71. The Morgan fingerprint density at radius 3 is 2.42 bits per heavy atom. The second-order valence-electron chi connectivity index (χ2n) is 7.16. The average Bonchev–Trinajstić information content (AvgIpc) is 2.78. The first kappa shape index (κ1) is 20.7. The summed E-state index contributed by atoms with van der Waals surface area (Å²) in [5.74, 6) is 0.595. The highest BCUT2D eigenvalue weighted by Gasteiger charge is 2.34. The van der Waals surface area contributed by atoms with Gasteiger partial charge in [0.05, 0.1) is 18.5 Å². The molecule has 160 valence electrons. The molecule has 0 fully saturated rings. The number of nitrogens with one attached hydrogen (secondary N) is 1. The van der Waals surface area contributed by atoms with Crippen LogP contribution in [0.4, 0.5) is 11.4 Å². The third-order valence-electron chi connectivity index (χ3n) is 4.80. The molecule has 8 heteroatoms. The minimum absolute atomic E-state index is 0.0973. The van der Waals surface area contributed by atoms with E-state index >= 15 is 0 Å². The lowest BCUT2D eigenvalue weighted by molar-refractivity contribution is -0.122. The number of rotatable bonds is 6. The van der Waals surface area contributed by atoms with Gasteiger partial charge in [0.2, 0.25) is 10.0 Å². The van der Waals surface area contributed by atoms with Crippen LogP contribution in [0.15, 0.2) is 78.9 Å². The maximum Gasteiger partial charge on any atom is 0.267 e. The van der Waals surface area contributed by atoms with Gasteiger partial charge in [-0.05, 0) is 42.0 Å². The first-order valence-corrected chi connectivity index (χ1v) is 11.6. The van der Waals surface area contributed by atoms with E-state index in [2.05, 4.69) is 5.32 Å². The van der Waals surface area contributed by atoms with Gasteiger partial charge in [-0.2, -0.15) is 0 Å². The third-order valence-corrected chi connectivity index (χ3v) is 5.94. The highest BCUT2D eigenvalue weighted by molar-refractivity contribution is 7.92. The standard InChI is InChI=1S/C23H22N2O5S/c1-31(27,28)25-15-22(30-21-10-6-5-9-20(21)25)23(26)24-18-11-13-19(14-12-18)29-16-17-7-3-2-4-8-17/h2-14,22H,15-16H2,1H3,(H,24,26)/t22-/m1/s1. The molecular formula is C23H22N2O5S. The van der Waals surface area contributed by atoms with Crippen LogP contribution >= 0.6 is 0 Å². The fourth-order valence-electron chi connectivity index (χ4n) is 3.25. The van der Waals surface area contributed by atoms with Crippen molar-refractivity contribution in [1.82, 2.24) is 0 Å². The van der Waals surface area contributed by atoms with Crippen LogP contribution in [-0.4, -0.2) is 33.2 Å². The second kappa shape index (κ2) is 8.69. The molecule has 7 nitrogen and oxygen atoms in total. The molecule has 0 spiro atoms. The van der Waals surface area contributed by atoms with Gasteiger partial charge in [-0.3, -0.25) is 9.10 Å². The van der Waals surface area contributed by atoms with Crippen molar-refractivity contribution in [3.8, 4) is 11.5 Å². The highest BCUT2D eigenvalue weighted by Crippen LogP contribution is 2.34. The Bertz CT molecular complexity index is 1160. The quantitative estimate of drug-likeness (QED) is 0.637. The van der Waals surface area contributed by atoms with Crippen molar-refractivity contribution in [2.75, 3.05) is 22.4 Å². The van der Waals surface area contributed by atoms with Crippen LogP contribution in [0.25, 0.3) is 0 Å². The molecule has 0 saturated carbocycles. The number of ether oxygens (including phenoxy) is 2. The molecular weight excluding hydrogens is 416 g/mol. The lowest BCUT2D eigenvalue weighted by Gasteiger charge is -2.33. The largest absolute Gasteiger partial charge is 0.489 e. The normalized spacial score (nSPS) is 15.5. The summed E-state index contributed by atoms with van der Waals surface area (Å²) in [6, 6.07) is 23.5. The Morgan fingerprint density at radius 2 is 1.71 bits per heavy atom. The topological polar surface area (TPSA) is 84.9 Å². The molecule has 0 unspecified atom stereocenters. The summed E-state index contributed by atoms with van der Waals surface area (Å²) in [6.07, 6.45) is 0.136. The number of amides is 1. The Balaban J connectivity index is 1.41. The molecule has 3 aromatic rings. The average molecular weight is 439 g/mol. The van der Waals surface area contributed by atoms with Gasteiger partial charge < -0.3 is 14.8 Å². The molecule has 0 aromatic heterocycles. The summed E-state index contributed by atoms with van der Waals surface area (Å²) in [5.41, 5.74) is 2.05. The SMILES string of the molecule is CS(=O)(=O)N1C[C@H](C(=O)Nc2ccc(OCc3ccccc3)cc2)Oc2ccccc21. The Morgan fingerprint density at radius 1 is 1.03 bits per heavy atom. The van der Waals surface area contributed by atoms with E-state index in [1.807, 2.05) is 30.3 Å². The predicted molar refractivity (Wildman–Crippen MR) is 119 cm³/mol. The van der Waals surface area contributed by atoms with Crippen molar-refractivity contribution in [2.45, 2.75) is 12.7 Å². The summed E-state index contributed by atoms with van der Waals surface area (Å²) in [6.45, 7) is 0.350. The number of benzene rings is 3. The van der Waals surface area contributed by atoms with Gasteiger partial charge in [-0.1, -0.05) is 42.5 Å². The van der Waals surface area contributed by atoms with Crippen LogP contribution < -0.4 is 19.1 Å². The van der Waals surface area contributed by atoms with E-state index in [0.29, 0.717) is 29.5 Å². The van der Waals surface area contributed by atoms with Gasteiger partial charge in [0.1, 0.15) is 18.1 Å². The number of sulfonamides is 1. The molecule has 4 rings (SSSR count). The molecule has 31 heavy (non-hydrogen) atoms. The highest BCUT2D eigenvalue weighted by atomic mass is 32.2. The van der Waals surface area contributed by atoms with E-state index in [1.165, 1.54) is 4.31 Å². The summed E-state index contributed by atoms with van der Waals surface area (Å²) < 4.78 is 37.1. The fraction of sp³-hybridized carbons (Fsp3) is 0.174. The molecule has 0 aliphatic carbocycles. The van der Waals surface area contributed by atoms with Gasteiger partial charge in [0.15, 0.2) is 6.10 Å². The number of nitrogens with zero attached hydrogens (tertiary/aromatic N) is 1. The minimum atomic E-state index is -3.56. The van der Waals surface area contributed by atoms with E-state index in [-0.39, 0.29) is 6.54 Å². The Labute approximate surface area is 181 Å². The Hall–Kier alpha value is -3.52. The summed E-state index contributed by atoms with van der Waals surface area (Å²) in [5, 5.41) is 2.77. The molecule has 1 amide bonds. The summed E-state index contributed by atoms with van der Waals surface area (Å²) in [7, 11) is -3.56. The number of hydrogen-bond acceptors (Lipinski definition) is 5. The van der Waals surface area contributed by atoms with Crippen molar-refractivity contribution >= 4 is 27.3 Å². The van der Waals surface area contributed by atoms with Crippen LogP contribution in [0.5, 0.6) is 11.5 Å². The van der Waals surface area contributed by atoms with Crippen molar-refractivity contribution in [2.24, 2.45) is 0 Å². The summed E-state index contributed by atoms with van der Waals surface area (Å²) in [4.78, 5) is 12.8. The zero-order valence-corrected chi connectivity index (χ0v) is 17.7. The molecule has 1 heterocycles. The second-order valence-corrected chi connectivity index (χ2v) is 9.06. The van der Waals surface area contributed by atoms with Crippen LogP contribution in [-0.2, 0) is 21.4 Å². The van der Waals surface area contributed by atoms with Gasteiger partial charge in [0, 0.05) is 5.69 Å². The molecule has 1 N–H and O–H groups in total. The number of carbonyl (C=O) groups is 1. The van der Waals surface area contributed by atoms with Crippen molar-refractivity contribution in [3.63, 3.8) is 0 Å². The fourth-order valence-corrected chi connectivity index (χ4v) is 4.17. The van der Waals surface area contributed by atoms with E-state index in [9.17, 15) is 13.2 Å². The molecule has 0 saturated heterocycles. The van der Waals surface area contributed by atoms with E-state index in [4.69, 9.17) is 9.47 Å². The van der Waals surface area contributed by atoms with Crippen molar-refractivity contribution < 1.29 is 22.7 Å². The minimum Gasteiger partial charge on any atom is -0.489 e. The van der Waals surface area contributed by atoms with E-state index in [0.717, 1.165) is 11.8 Å². The first-order chi connectivity index (χ1) is 14.9. The number of hydrogen-bond donors (Lipinski definition) is 1. The van der Waals surface area contributed by atoms with E-state index < -0.39 is 22.0 Å². The number of carbonyl (C=O) groups excluding carboxylic acids is 1. The lowest BCUT2D eigenvalue weighted by Crippen LogP contribution is -2.48. The third kappa shape index (κ3) is 4.97.